The largest absolute Gasteiger partial charge is 0.508 e. The first-order valence-corrected chi connectivity index (χ1v) is 5.71. The van der Waals surface area contributed by atoms with E-state index in [0.717, 1.165) is 0 Å². The van der Waals surface area contributed by atoms with Gasteiger partial charge in [0, 0.05) is 0 Å². The molecule has 2 aromatic carbocycles. The number of hydrogen-bond donors (Lipinski definition) is 1. The Morgan fingerprint density at radius 1 is 0.900 bits per heavy atom. The standard InChI is InChI=1S/C14H10F3NO2/c15-14(16,17)13(10-3-7-12(19)8-4-10)9-1-5-11(18-20)6-2-9/h1-8,13,19H. The summed E-state index contributed by atoms with van der Waals surface area (Å²) in [6, 6.07) is 9.77. The number of rotatable bonds is 3. The molecule has 0 aromatic heterocycles. The Morgan fingerprint density at radius 2 is 1.35 bits per heavy atom. The Labute approximate surface area is 112 Å². The second-order valence-electron chi connectivity index (χ2n) is 4.25. The molecule has 0 aliphatic carbocycles. The molecule has 0 spiro atoms. The number of phenolic OH excluding ortho intramolecular Hbond substituents is 1. The van der Waals surface area contributed by atoms with Crippen LogP contribution in [0.3, 0.4) is 0 Å². The van der Waals surface area contributed by atoms with Gasteiger partial charge in [-0.2, -0.15) is 13.2 Å². The minimum Gasteiger partial charge on any atom is -0.508 e. The molecule has 0 aliphatic heterocycles. The van der Waals surface area contributed by atoms with Crippen LogP contribution in [0.15, 0.2) is 53.7 Å². The van der Waals surface area contributed by atoms with E-state index in [4.69, 9.17) is 5.11 Å². The van der Waals surface area contributed by atoms with Crippen LogP contribution >= 0.6 is 0 Å². The Kier molecular flexibility index (Phi) is 3.74. The minimum absolute atomic E-state index is 0.00981. The molecule has 0 aliphatic rings. The number of nitroso groups, excluding NO2 is 1. The van der Waals surface area contributed by atoms with E-state index in [-0.39, 0.29) is 22.6 Å². The van der Waals surface area contributed by atoms with Crippen molar-refractivity contribution in [3.05, 3.63) is 64.6 Å². The van der Waals surface area contributed by atoms with Crippen LogP contribution in [0.1, 0.15) is 17.0 Å². The fourth-order valence-electron chi connectivity index (χ4n) is 1.96. The molecular weight excluding hydrogens is 271 g/mol. The normalized spacial score (nSPS) is 12.9. The van der Waals surface area contributed by atoms with Crippen molar-refractivity contribution in [1.82, 2.24) is 0 Å². The predicted molar refractivity (Wildman–Crippen MR) is 67.9 cm³/mol. The molecule has 0 fully saturated rings. The number of hydrogen-bond acceptors (Lipinski definition) is 3. The van der Waals surface area contributed by atoms with Crippen molar-refractivity contribution in [1.29, 1.82) is 0 Å². The average molecular weight is 281 g/mol. The zero-order valence-corrected chi connectivity index (χ0v) is 10.1. The zero-order chi connectivity index (χ0) is 14.8. The second kappa shape index (κ2) is 5.32. The molecule has 2 rings (SSSR count). The fraction of sp³-hybridized carbons (Fsp3) is 0.143. The lowest BCUT2D eigenvalue weighted by molar-refractivity contribution is -0.141. The summed E-state index contributed by atoms with van der Waals surface area (Å²) in [5.41, 5.74) is 0.0954. The molecule has 20 heavy (non-hydrogen) atoms. The van der Waals surface area contributed by atoms with Gasteiger partial charge in [-0.15, -0.1) is 4.91 Å². The lowest BCUT2D eigenvalue weighted by Crippen LogP contribution is -2.21. The van der Waals surface area contributed by atoms with Crippen molar-refractivity contribution in [2.75, 3.05) is 0 Å². The molecule has 0 heterocycles. The van der Waals surface area contributed by atoms with Crippen LogP contribution in [-0.2, 0) is 0 Å². The SMILES string of the molecule is O=Nc1ccc(C(c2ccc(O)cc2)C(F)(F)F)cc1. The van der Waals surface area contributed by atoms with E-state index < -0.39 is 12.1 Å². The highest BCUT2D eigenvalue weighted by atomic mass is 19.4. The Bertz CT molecular complexity index is 591. The molecule has 104 valence electrons. The number of alkyl halides is 3. The molecule has 0 bridgehead atoms. The van der Waals surface area contributed by atoms with Crippen LogP contribution in [0.2, 0.25) is 0 Å². The highest BCUT2D eigenvalue weighted by Crippen LogP contribution is 2.40. The van der Waals surface area contributed by atoms with Gasteiger partial charge in [-0.25, -0.2) is 0 Å². The van der Waals surface area contributed by atoms with Crippen LogP contribution in [-0.4, -0.2) is 11.3 Å². The van der Waals surface area contributed by atoms with Crippen molar-refractivity contribution in [2.24, 2.45) is 5.18 Å². The molecular formula is C14H10F3NO2. The molecule has 1 atom stereocenters. The highest BCUT2D eigenvalue weighted by Gasteiger charge is 2.41. The number of nitrogens with zero attached hydrogens (tertiary/aromatic N) is 1. The average Bonchev–Trinajstić information content (AvgIpc) is 2.41. The molecule has 0 radical (unpaired) electrons. The highest BCUT2D eigenvalue weighted by molar-refractivity contribution is 5.43. The number of halogens is 3. The van der Waals surface area contributed by atoms with E-state index in [9.17, 15) is 18.1 Å². The lowest BCUT2D eigenvalue weighted by atomic mass is 9.90. The molecule has 6 heteroatoms. The fourth-order valence-corrected chi connectivity index (χ4v) is 1.96. The van der Waals surface area contributed by atoms with Crippen LogP contribution in [0.25, 0.3) is 0 Å². The maximum absolute atomic E-state index is 13.2. The van der Waals surface area contributed by atoms with E-state index in [2.05, 4.69) is 5.18 Å². The number of benzene rings is 2. The Hall–Kier alpha value is -2.37. The van der Waals surface area contributed by atoms with Crippen molar-refractivity contribution in [3.63, 3.8) is 0 Å². The van der Waals surface area contributed by atoms with Gasteiger partial charge >= 0.3 is 6.18 Å². The smallest absolute Gasteiger partial charge is 0.399 e. The van der Waals surface area contributed by atoms with Gasteiger partial charge in [0.25, 0.3) is 0 Å². The molecule has 2 aromatic rings. The van der Waals surface area contributed by atoms with Crippen molar-refractivity contribution in [2.45, 2.75) is 12.1 Å². The van der Waals surface area contributed by atoms with Crippen LogP contribution in [0, 0.1) is 4.91 Å². The third-order valence-corrected chi connectivity index (χ3v) is 2.89. The molecule has 0 saturated carbocycles. The van der Waals surface area contributed by atoms with Gasteiger partial charge < -0.3 is 5.11 Å². The van der Waals surface area contributed by atoms with E-state index in [1.165, 1.54) is 48.5 Å². The topological polar surface area (TPSA) is 49.7 Å². The van der Waals surface area contributed by atoms with Gasteiger partial charge in [0.05, 0.1) is 0 Å². The number of phenols is 1. The first-order chi connectivity index (χ1) is 9.41. The quantitative estimate of drug-likeness (QED) is 0.843. The Balaban J connectivity index is 2.47. The minimum atomic E-state index is -4.48. The summed E-state index contributed by atoms with van der Waals surface area (Å²) in [6.45, 7) is 0. The molecule has 0 amide bonds. The summed E-state index contributed by atoms with van der Waals surface area (Å²) in [4.78, 5) is 10.3. The summed E-state index contributed by atoms with van der Waals surface area (Å²) in [5, 5.41) is 11.8. The summed E-state index contributed by atoms with van der Waals surface area (Å²) in [7, 11) is 0. The zero-order valence-electron chi connectivity index (χ0n) is 10.1. The van der Waals surface area contributed by atoms with E-state index >= 15 is 0 Å². The van der Waals surface area contributed by atoms with Crippen molar-refractivity contribution in [3.8, 4) is 5.75 Å². The monoisotopic (exact) mass is 281 g/mol. The maximum atomic E-state index is 13.2. The van der Waals surface area contributed by atoms with E-state index in [0.29, 0.717) is 0 Å². The lowest BCUT2D eigenvalue weighted by Gasteiger charge is -2.21. The van der Waals surface area contributed by atoms with Gasteiger partial charge in [0.2, 0.25) is 0 Å². The van der Waals surface area contributed by atoms with Crippen LogP contribution in [0.5, 0.6) is 5.75 Å². The van der Waals surface area contributed by atoms with Crippen LogP contribution < -0.4 is 0 Å². The Morgan fingerprint density at radius 3 is 1.75 bits per heavy atom. The number of aromatic hydroxyl groups is 1. The van der Waals surface area contributed by atoms with Gasteiger partial charge in [-0.05, 0) is 40.6 Å². The van der Waals surface area contributed by atoms with E-state index in [1.807, 2.05) is 0 Å². The summed E-state index contributed by atoms with van der Waals surface area (Å²) < 4.78 is 39.7. The van der Waals surface area contributed by atoms with Gasteiger partial charge in [-0.1, -0.05) is 24.3 Å². The third-order valence-electron chi connectivity index (χ3n) is 2.89. The van der Waals surface area contributed by atoms with Gasteiger partial charge in [0.15, 0.2) is 0 Å². The van der Waals surface area contributed by atoms with E-state index in [1.54, 1.807) is 0 Å². The van der Waals surface area contributed by atoms with Gasteiger partial charge in [0.1, 0.15) is 17.4 Å². The second-order valence-corrected chi connectivity index (χ2v) is 4.25. The summed E-state index contributed by atoms with van der Waals surface area (Å²) in [6.07, 6.45) is -4.48. The first-order valence-electron chi connectivity index (χ1n) is 5.71. The third kappa shape index (κ3) is 2.96. The molecule has 3 nitrogen and oxygen atoms in total. The summed E-state index contributed by atoms with van der Waals surface area (Å²) >= 11 is 0. The molecule has 0 saturated heterocycles. The maximum Gasteiger partial charge on any atom is 0.399 e. The molecule has 1 N–H and O–H groups in total. The molecule has 1 unspecified atom stereocenters. The first kappa shape index (κ1) is 14.0. The van der Waals surface area contributed by atoms with Crippen LogP contribution in [0.4, 0.5) is 18.9 Å². The summed E-state index contributed by atoms with van der Waals surface area (Å²) in [5.74, 6) is -1.92. The predicted octanol–water partition coefficient (Wildman–Crippen LogP) is 4.48. The van der Waals surface area contributed by atoms with Gasteiger partial charge in [-0.3, -0.25) is 0 Å². The van der Waals surface area contributed by atoms with Crippen molar-refractivity contribution < 1.29 is 18.3 Å². The van der Waals surface area contributed by atoms with Crippen molar-refractivity contribution >= 4 is 5.69 Å².